The molecule has 122 valence electrons. The summed E-state index contributed by atoms with van der Waals surface area (Å²) in [6.45, 7) is 1.47. The topological polar surface area (TPSA) is 82.2 Å². The third-order valence-corrected chi connectivity index (χ3v) is 3.93. The fourth-order valence-corrected chi connectivity index (χ4v) is 2.69. The molecule has 1 atom stereocenters. The third kappa shape index (κ3) is 2.93. The van der Waals surface area contributed by atoms with Gasteiger partial charge in [0.25, 0.3) is 5.91 Å². The van der Waals surface area contributed by atoms with E-state index in [1.165, 1.54) is 12.3 Å². The van der Waals surface area contributed by atoms with E-state index in [0.29, 0.717) is 19.7 Å². The summed E-state index contributed by atoms with van der Waals surface area (Å²) >= 11 is 0. The second-order valence-corrected chi connectivity index (χ2v) is 5.58. The number of hydrogen-bond donors (Lipinski definition) is 1. The van der Waals surface area contributed by atoms with Crippen molar-refractivity contribution in [3.05, 3.63) is 60.4 Å². The van der Waals surface area contributed by atoms with Gasteiger partial charge in [-0.2, -0.15) is 0 Å². The van der Waals surface area contributed by atoms with Gasteiger partial charge in [-0.3, -0.25) is 4.79 Å². The lowest BCUT2D eigenvalue weighted by molar-refractivity contribution is 0.00309. The molecule has 1 aromatic carbocycles. The van der Waals surface area contributed by atoms with Gasteiger partial charge in [-0.25, -0.2) is 4.98 Å². The fourth-order valence-electron chi connectivity index (χ4n) is 2.69. The molecular formula is C17H16N4O3. The SMILES string of the molecule is O=C(NC[C@H]1Cn2cc(-c3ccccc3)nc2CO1)c1ccno1. The summed E-state index contributed by atoms with van der Waals surface area (Å²) in [5, 5.41) is 6.31. The van der Waals surface area contributed by atoms with Crippen molar-refractivity contribution in [2.24, 2.45) is 0 Å². The molecule has 1 amide bonds. The minimum absolute atomic E-state index is 0.109. The Labute approximate surface area is 138 Å². The number of hydrogen-bond acceptors (Lipinski definition) is 5. The van der Waals surface area contributed by atoms with Crippen molar-refractivity contribution >= 4 is 5.91 Å². The molecule has 0 unspecified atom stereocenters. The number of ether oxygens (including phenoxy) is 1. The van der Waals surface area contributed by atoms with Crippen LogP contribution in [-0.2, 0) is 17.9 Å². The van der Waals surface area contributed by atoms with Gasteiger partial charge in [-0.05, 0) is 0 Å². The number of amides is 1. The summed E-state index contributed by atoms with van der Waals surface area (Å²) in [6, 6.07) is 11.6. The summed E-state index contributed by atoms with van der Waals surface area (Å²) in [7, 11) is 0. The number of nitrogens with zero attached hydrogens (tertiary/aromatic N) is 3. The molecule has 0 fully saturated rings. The van der Waals surface area contributed by atoms with Crippen molar-refractivity contribution in [2.45, 2.75) is 19.3 Å². The van der Waals surface area contributed by atoms with Crippen molar-refractivity contribution < 1.29 is 14.1 Å². The third-order valence-electron chi connectivity index (χ3n) is 3.93. The maximum absolute atomic E-state index is 11.9. The summed E-state index contributed by atoms with van der Waals surface area (Å²) < 4.78 is 12.7. The lowest BCUT2D eigenvalue weighted by atomic mass is 10.2. The first-order valence-electron chi connectivity index (χ1n) is 7.71. The second-order valence-electron chi connectivity index (χ2n) is 5.58. The number of benzene rings is 1. The average molecular weight is 324 g/mol. The zero-order chi connectivity index (χ0) is 16.4. The van der Waals surface area contributed by atoms with E-state index in [2.05, 4.69) is 20.0 Å². The van der Waals surface area contributed by atoms with Crippen molar-refractivity contribution in [2.75, 3.05) is 6.54 Å². The number of rotatable bonds is 4. The lowest BCUT2D eigenvalue weighted by Gasteiger charge is -2.24. The summed E-state index contributed by atoms with van der Waals surface area (Å²) in [6.07, 6.45) is 3.36. The van der Waals surface area contributed by atoms with E-state index in [1.807, 2.05) is 36.5 Å². The summed E-state index contributed by atoms with van der Waals surface area (Å²) in [5.74, 6) is 0.796. The van der Waals surface area contributed by atoms with E-state index in [1.54, 1.807) is 0 Å². The zero-order valence-electron chi connectivity index (χ0n) is 12.9. The highest BCUT2D eigenvalue weighted by atomic mass is 16.5. The maximum atomic E-state index is 11.9. The van der Waals surface area contributed by atoms with Gasteiger partial charge in [0.05, 0.1) is 24.5 Å². The van der Waals surface area contributed by atoms with Crippen LogP contribution in [0.3, 0.4) is 0 Å². The Kier molecular flexibility index (Phi) is 3.84. The Hall–Kier alpha value is -2.93. The highest BCUT2D eigenvalue weighted by molar-refractivity contribution is 5.91. The summed E-state index contributed by atoms with van der Waals surface area (Å²) in [5.41, 5.74) is 2.01. The van der Waals surface area contributed by atoms with Crippen LogP contribution in [0.25, 0.3) is 11.3 Å². The number of imidazole rings is 1. The van der Waals surface area contributed by atoms with Crippen molar-refractivity contribution in [1.29, 1.82) is 0 Å². The van der Waals surface area contributed by atoms with E-state index in [-0.39, 0.29) is 17.8 Å². The monoisotopic (exact) mass is 324 g/mol. The predicted molar refractivity (Wildman–Crippen MR) is 85.1 cm³/mol. The van der Waals surface area contributed by atoms with Crippen LogP contribution in [0.2, 0.25) is 0 Å². The number of carbonyl (C=O) groups is 1. The second kappa shape index (κ2) is 6.29. The van der Waals surface area contributed by atoms with Crippen LogP contribution >= 0.6 is 0 Å². The molecule has 3 aromatic rings. The average Bonchev–Trinajstić information content (AvgIpc) is 3.29. The number of carbonyl (C=O) groups excluding carboxylic acids is 1. The smallest absolute Gasteiger partial charge is 0.289 e. The van der Waals surface area contributed by atoms with E-state index >= 15 is 0 Å². The van der Waals surface area contributed by atoms with Gasteiger partial charge in [0.2, 0.25) is 5.76 Å². The van der Waals surface area contributed by atoms with E-state index in [9.17, 15) is 4.79 Å². The predicted octanol–water partition coefficient (Wildman–Crippen LogP) is 1.87. The standard InChI is InChI=1S/C17H16N4O3/c22-17(15-6-7-19-24-15)18-8-13-9-21-10-14(20-16(21)11-23-13)12-4-2-1-3-5-12/h1-7,10,13H,8-9,11H2,(H,18,22)/t13-/m0/s1. The first-order valence-corrected chi connectivity index (χ1v) is 7.71. The molecule has 3 heterocycles. The highest BCUT2D eigenvalue weighted by Gasteiger charge is 2.22. The van der Waals surface area contributed by atoms with Crippen LogP contribution in [0.15, 0.2) is 53.3 Å². The number of aromatic nitrogens is 3. The Morgan fingerprint density at radius 2 is 2.17 bits per heavy atom. The van der Waals surface area contributed by atoms with Crippen LogP contribution in [-0.4, -0.2) is 33.3 Å². The lowest BCUT2D eigenvalue weighted by Crippen LogP contribution is -2.38. The van der Waals surface area contributed by atoms with Crippen molar-refractivity contribution in [3.8, 4) is 11.3 Å². The Morgan fingerprint density at radius 3 is 2.96 bits per heavy atom. The minimum Gasteiger partial charge on any atom is -0.367 e. The van der Waals surface area contributed by atoms with Gasteiger partial charge in [0, 0.05) is 24.4 Å². The molecule has 0 bridgehead atoms. The number of fused-ring (bicyclic) bond motifs is 1. The van der Waals surface area contributed by atoms with Crippen molar-refractivity contribution in [3.63, 3.8) is 0 Å². The van der Waals surface area contributed by atoms with Crippen LogP contribution in [0.5, 0.6) is 0 Å². The molecule has 7 heteroatoms. The van der Waals surface area contributed by atoms with E-state index < -0.39 is 0 Å². The Bertz CT molecular complexity index is 827. The fraction of sp³-hybridized carbons (Fsp3) is 0.235. The largest absolute Gasteiger partial charge is 0.367 e. The molecule has 1 aliphatic heterocycles. The van der Waals surface area contributed by atoms with Crippen molar-refractivity contribution in [1.82, 2.24) is 20.0 Å². The van der Waals surface area contributed by atoms with E-state index in [0.717, 1.165) is 17.1 Å². The molecule has 4 rings (SSSR count). The van der Waals surface area contributed by atoms with Crippen LogP contribution in [0, 0.1) is 0 Å². The Balaban J connectivity index is 1.41. The highest BCUT2D eigenvalue weighted by Crippen LogP contribution is 2.21. The minimum atomic E-state index is -0.294. The van der Waals surface area contributed by atoms with Gasteiger partial charge in [0.15, 0.2) is 0 Å². The first kappa shape index (κ1) is 14.6. The Morgan fingerprint density at radius 1 is 1.29 bits per heavy atom. The molecule has 0 radical (unpaired) electrons. The first-order chi connectivity index (χ1) is 11.8. The molecule has 0 spiro atoms. The molecule has 24 heavy (non-hydrogen) atoms. The molecular weight excluding hydrogens is 308 g/mol. The maximum Gasteiger partial charge on any atom is 0.289 e. The molecule has 0 saturated carbocycles. The molecule has 7 nitrogen and oxygen atoms in total. The molecule has 1 aliphatic rings. The molecule has 1 N–H and O–H groups in total. The molecule has 0 aliphatic carbocycles. The van der Waals surface area contributed by atoms with Gasteiger partial charge < -0.3 is 19.1 Å². The van der Waals surface area contributed by atoms with Gasteiger partial charge in [-0.15, -0.1) is 0 Å². The molecule has 0 saturated heterocycles. The van der Waals surface area contributed by atoms with E-state index in [4.69, 9.17) is 9.26 Å². The van der Waals surface area contributed by atoms with Gasteiger partial charge in [0.1, 0.15) is 12.4 Å². The summed E-state index contributed by atoms with van der Waals surface area (Å²) in [4.78, 5) is 16.5. The number of nitrogens with one attached hydrogen (secondary N) is 1. The van der Waals surface area contributed by atoms with Gasteiger partial charge in [-0.1, -0.05) is 35.5 Å². The van der Waals surface area contributed by atoms with Crippen LogP contribution < -0.4 is 5.32 Å². The van der Waals surface area contributed by atoms with Crippen LogP contribution in [0.1, 0.15) is 16.4 Å². The van der Waals surface area contributed by atoms with Gasteiger partial charge >= 0.3 is 0 Å². The quantitative estimate of drug-likeness (QED) is 0.792. The zero-order valence-corrected chi connectivity index (χ0v) is 12.9. The molecule has 2 aromatic heterocycles. The normalized spacial score (nSPS) is 16.6. The van der Waals surface area contributed by atoms with Crippen LogP contribution in [0.4, 0.5) is 0 Å².